The Balaban J connectivity index is 1.91. The van der Waals surface area contributed by atoms with Gasteiger partial charge in [0.05, 0.1) is 0 Å². The van der Waals surface area contributed by atoms with Crippen molar-refractivity contribution in [3.05, 3.63) is 84.4 Å². The van der Waals surface area contributed by atoms with E-state index in [1.807, 2.05) is 0 Å². The molecule has 2 atom stereocenters. The lowest BCUT2D eigenvalue weighted by Crippen LogP contribution is -1.82. The summed E-state index contributed by atoms with van der Waals surface area (Å²) in [7, 11) is 0. The van der Waals surface area contributed by atoms with Gasteiger partial charge in [-0.1, -0.05) is 66.7 Å². The third-order valence-corrected chi connectivity index (χ3v) is 3.72. The Hall–Kier alpha value is -1.82. The first-order chi connectivity index (χ1) is 8.42. The van der Waals surface area contributed by atoms with Crippen LogP contribution in [0.4, 0.5) is 0 Å². The number of hydrogen-bond acceptors (Lipinski definition) is 0. The molecular weight excluding hydrogens is 204 g/mol. The monoisotopic (exact) mass is 220 g/mol. The summed E-state index contributed by atoms with van der Waals surface area (Å²) >= 11 is 0. The van der Waals surface area contributed by atoms with Gasteiger partial charge in [-0.3, -0.25) is 0 Å². The van der Waals surface area contributed by atoms with Crippen molar-refractivity contribution in [1.82, 2.24) is 0 Å². The topological polar surface area (TPSA) is 0 Å². The van der Waals surface area contributed by atoms with E-state index in [9.17, 15) is 0 Å². The summed E-state index contributed by atoms with van der Waals surface area (Å²) < 4.78 is 0. The molecule has 2 unspecified atom stereocenters. The smallest absolute Gasteiger partial charge is 0.00183 e. The van der Waals surface area contributed by atoms with E-state index in [4.69, 9.17) is 0 Å². The minimum Gasteiger partial charge on any atom is -0.103 e. The predicted octanol–water partition coefficient (Wildman–Crippen LogP) is 4.37. The molecule has 1 fully saturated rings. The fourth-order valence-electron chi connectivity index (χ4n) is 2.84. The van der Waals surface area contributed by atoms with E-state index >= 15 is 0 Å². The number of rotatable bonds is 3. The van der Waals surface area contributed by atoms with Crippen molar-refractivity contribution in [1.29, 1.82) is 0 Å². The fraction of sp³-hybridized carbons (Fsp3) is 0.176. The third-order valence-electron chi connectivity index (χ3n) is 3.72. The zero-order valence-electron chi connectivity index (χ0n) is 9.79. The van der Waals surface area contributed by atoms with Crippen LogP contribution in [0.25, 0.3) is 0 Å². The highest BCUT2D eigenvalue weighted by atomic mass is 14.5. The second-order valence-corrected chi connectivity index (χ2v) is 4.69. The van der Waals surface area contributed by atoms with Gasteiger partial charge in [-0.05, 0) is 28.9 Å². The van der Waals surface area contributed by atoms with Crippen molar-refractivity contribution in [3.8, 4) is 0 Å². The van der Waals surface area contributed by atoms with Crippen LogP contribution in [0.15, 0.2) is 73.3 Å². The largest absolute Gasteiger partial charge is 0.103 e. The van der Waals surface area contributed by atoms with Crippen molar-refractivity contribution in [2.24, 2.45) is 5.92 Å². The molecule has 84 valence electrons. The number of benzene rings is 2. The SMILES string of the molecule is C=CC1C(c2ccccc2)C1c1ccccc1. The van der Waals surface area contributed by atoms with Gasteiger partial charge in [0, 0.05) is 0 Å². The molecule has 0 heterocycles. The van der Waals surface area contributed by atoms with Gasteiger partial charge in [-0.2, -0.15) is 0 Å². The van der Waals surface area contributed by atoms with Crippen molar-refractivity contribution in [2.75, 3.05) is 0 Å². The van der Waals surface area contributed by atoms with Crippen LogP contribution in [0, 0.1) is 5.92 Å². The van der Waals surface area contributed by atoms with Gasteiger partial charge >= 0.3 is 0 Å². The lowest BCUT2D eigenvalue weighted by Gasteiger charge is -2.00. The zero-order chi connectivity index (χ0) is 11.7. The maximum atomic E-state index is 3.97. The average Bonchev–Trinajstić information content (AvgIpc) is 3.15. The molecule has 0 aromatic heterocycles. The van der Waals surface area contributed by atoms with Gasteiger partial charge in [0.15, 0.2) is 0 Å². The first kappa shape index (κ1) is 10.3. The summed E-state index contributed by atoms with van der Waals surface area (Å²) in [6.07, 6.45) is 2.11. The summed E-state index contributed by atoms with van der Waals surface area (Å²) in [5.41, 5.74) is 2.87. The first-order valence-electron chi connectivity index (χ1n) is 6.14. The molecule has 0 heteroatoms. The standard InChI is InChI=1S/C17H16/c1-2-15-16(13-9-5-3-6-10-13)17(15)14-11-7-4-8-12-14/h2-12,15-17H,1H2. The molecule has 3 rings (SSSR count). The van der Waals surface area contributed by atoms with Crippen LogP contribution in [-0.2, 0) is 0 Å². The number of hydrogen-bond donors (Lipinski definition) is 0. The van der Waals surface area contributed by atoms with Gasteiger partial charge < -0.3 is 0 Å². The molecule has 0 radical (unpaired) electrons. The molecule has 0 bridgehead atoms. The first-order valence-corrected chi connectivity index (χ1v) is 6.14. The molecule has 2 aromatic rings. The predicted molar refractivity (Wildman–Crippen MR) is 72.1 cm³/mol. The lowest BCUT2D eigenvalue weighted by atomic mass is 10.0. The molecular formula is C17H16. The summed E-state index contributed by atoms with van der Waals surface area (Å²) in [4.78, 5) is 0. The van der Waals surface area contributed by atoms with Gasteiger partial charge in [0.25, 0.3) is 0 Å². The van der Waals surface area contributed by atoms with Crippen molar-refractivity contribution >= 4 is 0 Å². The van der Waals surface area contributed by atoms with Crippen LogP contribution in [0.2, 0.25) is 0 Å². The molecule has 1 aliphatic rings. The van der Waals surface area contributed by atoms with E-state index < -0.39 is 0 Å². The van der Waals surface area contributed by atoms with E-state index in [2.05, 4.69) is 73.3 Å². The van der Waals surface area contributed by atoms with Crippen LogP contribution in [0.5, 0.6) is 0 Å². The molecule has 0 saturated heterocycles. The Morgan fingerprint density at radius 1 is 0.706 bits per heavy atom. The van der Waals surface area contributed by atoms with E-state index in [1.54, 1.807) is 0 Å². The number of allylic oxidation sites excluding steroid dienone is 1. The lowest BCUT2D eigenvalue weighted by molar-refractivity contribution is 1.01. The summed E-state index contributed by atoms with van der Waals surface area (Å²) in [6, 6.07) is 21.5. The van der Waals surface area contributed by atoms with Gasteiger partial charge in [0.1, 0.15) is 0 Å². The Kier molecular flexibility index (Phi) is 2.56. The van der Waals surface area contributed by atoms with Gasteiger partial charge in [0.2, 0.25) is 0 Å². The van der Waals surface area contributed by atoms with E-state index in [-0.39, 0.29) is 0 Å². The zero-order valence-corrected chi connectivity index (χ0v) is 9.79. The Labute approximate surface area is 103 Å². The van der Waals surface area contributed by atoms with Crippen molar-refractivity contribution in [2.45, 2.75) is 11.8 Å². The minimum atomic E-state index is 0.597. The molecule has 0 nitrogen and oxygen atoms in total. The highest BCUT2D eigenvalue weighted by Gasteiger charge is 2.49. The van der Waals surface area contributed by atoms with Crippen LogP contribution in [0.3, 0.4) is 0 Å². The molecule has 0 N–H and O–H groups in total. The van der Waals surface area contributed by atoms with Gasteiger partial charge in [-0.15, -0.1) is 6.58 Å². The third kappa shape index (κ3) is 1.80. The second kappa shape index (κ2) is 4.21. The fourth-order valence-corrected chi connectivity index (χ4v) is 2.84. The highest BCUT2D eigenvalue weighted by molar-refractivity contribution is 5.41. The quantitative estimate of drug-likeness (QED) is 0.674. The average molecular weight is 220 g/mol. The summed E-state index contributed by atoms with van der Waals surface area (Å²) in [5, 5.41) is 0. The molecule has 2 aromatic carbocycles. The molecule has 1 saturated carbocycles. The van der Waals surface area contributed by atoms with E-state index in [0.717, 1.165) is 0 Å². The van der Waals surface area contributed by atoms with Crippen LogP contribution in [0.1, 0.15) is 23.0 Å². The summed E-state index contributed by atoms with van der Waals surface area (Å²) in [5.74, 6) is 1.84. The van der Waals surface area contributed by atoms with E-state index in [1.165, 1.54) is 11.1 Å². The molecule has 0 spiro atoms. The molecule has 0 aliphatic heterocycles. The maximum absolute atomic E-state index is 3.97. The van der Waals surface area contributed by atoms with Crippen LogP contribution >= 0.6 is 0 Å². The summed E-state index contributed by atoms with van der Waals surface area (Å²) in [6.45, 7) is 3.97. The Morgan fingerprint density at radius 2 is 1.12 bits per heavy atom. The van der Waals surface area contributed by atoms with Crippen molar-refractivity contribution < 1.29 is 0 Å². The van der Waals surface area contributed by atoms with Crippen molar-refractivity contribution in [3.63, 3.8) is 0 Å². The van der Waals surface area contributed by atoms with Gasteiger partial charge in [-0.25, -0.2) is 0 Å². The minimum absolute atomic E-state index is 0.597. The van der Waals surface area contributed by atoms with Crippen LogP contribution < -0.4 is 0 Å². The normalized spacial score (nSPS) is 26.5. The molecule has 0 amide bonds. The molecule has 1 aliphatic carbocycles. The van der Waals surface area contributed by atoms with E-state index in [0.29, 0.717) is 17.8 Å². The Bertz CT molecular complexity index is 453. The highest BCUT2D eigenvalue weighted by Crippen LogP contribution is 2.60. The molecule has 17 heavy (non-hydrogen) atoms. The van der Waals surface area contributed by atoms with Crippen LogP contribution in [-0.4, -0.2) is 0 Å². The Morgan fingerprint density at radius 3 is 1.47 bits per heavy atom. The maximum Gasteiger partial charge on any atom is -0.00183 e. The second-order valence-electron chi connectivity index (χ2n) is 4.69.